The number of pyridine rings is 1. The number of methoxy groups -OCH3 is 1. The number of amides is 1. The molecule has 1 aliphatic rings. The molecule has 202 valence electrons. The number of carbonyl (C=O) groups is 1. The number of carbonyl (C=O) groups excluding carboxylic acids is 1. The molecule has 3 aromatic rings. The van der Waals surface area contributed by atoms with E-state index in [4.69, 9.17) is 10.5 Å². The van der Waals surface area contributed by atoms with Gasteiger partial charge in [-0.05, 0) is 61.5 Å². The molecular weight excluding hydrogens is 524 g/mol. The van der Waals surface area contributed by atoms with Gasteiger partial charge in [-0.3, -0.25) is 4.79 Å². The number of benzene rings is 1. The van der Waals surface area contributed by atoms with Crippen molar-refractivity contribution in [3.63, 3.8) is 0 Å². The first kappa shape index (κ1) is 27.4. The number of hydrogen-bond acceptors (Lipinski definition) is 7. The highest BCUT2D eigenvalue weighted by molar-refractivity contribution is 8.00. The van der Waals surface area contributed by atoms with E-state index in [-0.39, 0.29) is 46.5 Å². The fraction of sp³-hybridized carbons (Fsp3) is 0.360. The van der Waals surface area contributed by atoms with E-state index in [1.807, 2.05) is 11.9 Å². The fourth-order valence-electron chi connectivity index (χ4n) is 4.12. The Morgan fingerprint density at radius 1 is 1.32 bits per heavy atom. The van der Waals surface area contributed by atoms with Crippen molar-refractivity contribution in [2.75, 3.05) is 44.4 Å². The molecule has 0 spiro atoms. The first-order valence-electron chi connectivity index (χ1n) is 11.6. The summed E-state index contributed by atoms with van der Waals surface area (Å²) in [4.78, 5) is 13.1. The van der Waals surface area contributed by atoms with Gasteiger partial charge < -0.3 is 26.0 Å². The minimum Gasteiger partial charge on any atom is -0.495 e. The van der Waals surface area contributed by atoms with Crippen LogP contribution in [0.2, 0.25) is 0 Å². The zero-order valence-electron chi connectivity index (χ0n) is 20.6. The van der Waals surface area contributed by atoms with E-state index in [2.05, 4.69) is 27.6 Å². The number of aromatic nitrogens is 2. The third kappa shape index (κ3) is 6.43. The van der Waals surface area contributed by atoms with Crippen LogP contribution in [-0.2, 0) is 0 Å². The summed E-state index contributed by atoms with van der Waals surface area (Å²) in [6.45, 7) is 1.02. The lowest BCUT2D eigenvalue weighted by molar-refractivity contribution is -0.0327. The lowest BCUT2D eigenvalue weighted by Crippen LogP contribution is -2.46. The molecule has 0 saturated carbocycles. The zero-order valence-corrected chi connectivity index (χ0v) is 21.4. The molecule has 4 N–H and O–H groups in total. The molecule has 3 heterocycles. The van der Waals surface area contributed by atoms with Crippen molar-refractivity contribution in [3.8, 4) is 17.6 Å². The molecule has 1 fully saturated rings. The average Bonchev–Trinajstić information content (AvgIpc) is 3.20. The Morgan fingerprint density at radius 2 is 2.11 bits per heavy atom. The van der Waals surface area contributed by atoms with Crippen molar-refractivity contribution in [1.82, 2.24) is 14.5 Å². The third-order valence-corrected chi connectivity index (χ3v) is 6.81. The summed E-state index contributed by atoms with van der Waals surface area (Å²) in [5.74, 6) is 5.64. The number of primary amides is 1. The quantitative estimate of drug-likeness (QED) is 0.233. The van der Waals surface area contributed by atoms with Crippen LogP contribution in [0, 0.1) is 11.8 Å². The highest BCUT2D eigenvalue weighted by Gasteiger charge is 2.33. The highest BCUT2D eigenvalue weighted by atomic mass is 32.2. The molecular formula is C25H26F4N6O2S. The number of halogens is 4. The Bertz CT molecular complexity index is 1380. The number of likely N-dealkylation sites (tertiary alicyclic amines) is 1. The number of nitrogens with zero attached hydrogens (tertiary/aromatic N) is 3. The molecule has 1 amide bonds. The van der Waals surface area contributed by atoms with Gasteiger partial charge in [0.05, 0.1) is 35.8 Å². The molecule has 8 nitrogen and oxygen atoms in total. The second-order valence-corrected chi connectivity index (χ2v) is 9.76. The molecule has 0 aliphatic carbocycles. The number of alkyl halides is 4. The second kappa shape index (κ2) is 11.4. The van der Waals surface area contributed by atoms with E-state index >= 15 is 0 Å². The van der Waals surface area contributed by atoms with Gasteiger partial charge in [0.1, 0.15) is 23.4 Å². The van der Waals surface area contributed by atoms with Crippen molar-refractivity contribution >= 4 is 34.7 Å². The van der Waals surface area contributed by atoms with Crippen LogP contribution >= 0.6 is 11.8 Å². The highest BCUT2D eigenvalue weighted by Crippen LogP contribution is 2.41. The number of nitrogens with two attached hydrogens (primary N) is 1. The molecule has 0 bridgehead atoms. The maximum Gasteiger partial charge on any atom is 0.446 e. The lowest BCUT2D eigenvalue weighted by Gasteiger charge is -2.33. The van der Waals surface area contributed by atoms with Gasteiger partial charge in [0.15, 0.2) is 0 Å². The number of piperidine rings is 1. The summed E-state index contributed by atoms with van der Waals surface area (Å²) in [5, 5.41) is 10.5. The standard InChI is InChI=1S/C25H26F4N6O2S/c1-34-12-10-17(16(26)14-34)32-22-7-3-6-20-23(38-25(27,28)29)19(33-35(20)22)5-4-11-31-18-9-8-15(24(30)36)13-21(18)37-2/h3,6-9,13,16-17,31-32H,10-12,14H2,1-2H3,(H2,30,36). The van der Waals surface area contributed by atoms with Gasteiger partial charge in [-0.25, -0.2) is 8.91 Å². The summed E-state index contributed by atoms with van der Waals surface area (Å²) in [6.07, 6.45) is -0.593. The van der Waals surface area contributed by atoms with Crippen LogP contribution < -0.4 is 21.1 Å². The van der Waals surface area contributed by atoms with Crippen molar-refractivity contribution in [2.45, 2.75) is 29.0 Å². The van der Waals surface area contributed by atoms with Crippen molar-refractivity contribution in [3.05, 3.63) is 47.7 Å². The summed E-state index contributed by atoms with van der Waals surface area (Å²) < 4.78 is 61.5. The molecule has 1 saturated heterocycles. The van der Waals surface area contributed by atoms with Gasteiger partial charge >= 0.3 is 5.51 Å². The summed E-state index contributed by atoms with van der Waals surface area (Å²) >= 11 is -0.295. The predicted molar refractivity (Wildman–Crippen MR) is 138 cm³/mol. The molecule has 4 rings (SSSR count). The number of ether oxygens (including phenoxy) is 1. The maximum atomic E-state index is 14.6. The summed E-state index contributed by atoms with van der Waals surface area (Å²) in [7, 11) is 3.26. The number of hydrogen-bond donors (Lipinski definition) is 3. The van der Waals surface area contributed by atoms with Crippen LogP contribution in [-0.4, -0.2) is 71.9 Å². The lowest BCUT2D eigenvalue weighted by atomic mass is 10.0. The number of fused-ring (bicyclic) bond motifs is 1. The molecule has 1 aromatic carbocycles. The third-order valence-electron chi connectivity index (χ3n) is 5.97. The van der Waals surface area contributed by atoms with E-state index in [0.29, 0.717) is 30.2 Å². The predicted octanol–water partition coefficient (Wildman–Crippen LogP) is 3.97. The minimum atomic E-state index is -4.56. The topological polar surface area (TPSA) is 96.9 Å². The van der Waals surface area contributed by atoms with Crippen molar-refractivity contribution in [2.24, 2.45) is 5.73 Å². The summed E-state index contributed by atoms with van der Waals surface area (Å²) in [6, 6.07) is 8.85. The normalized spacial score (nSPS) is 18.1. The monoisotopic (exact) mass is 550 g/mol. The van der Waals surface area contributed by atoms with Gasteiger partial charge in [-0.15, -0.1) is 0 Å². The average molecular weight is 551 g/mol. The maximum absolute atomic E-state index is 14.6. The van der Waals surface area contributed by atoms with Crippen molar-refractivity contribution in [1.29, 1.82) is 0 Å². The van der Waals surface area contributed by atoms with Crippen LogP contribution in [0.25, 0.3) is 5.52 Å². The van der Waals surface area contributed by atoms with E-state index in [9.17, 15) is 22.4 Å². The molecule has 0 radical (unpaired) electrons. The Hall–Kier alpha value is -3.63. The minimum absolute atomic E-state index is 0.0559. The van der Waals surface area contributed by atoms with Gasteiger partial charge in [0.2, 0.25) is 5.91 Å². The first-order valence-corrected chi connectivity index (χ1v) is 12.4. The molecule has 2 atom stereocenters. The first-order chi connectivity index (χ1) is 18.1. The SMILES string of the molecule is COc1cc(C(N)=O)ccc1NCC#Cc1nn2c(NC3CCN(C)CC3F)cccc2c1SC(F)(F)F. The van der Waals surface area contributed by atoms with Crippen LogP contribution in [0.4, 0.5) is 29.1 Å². The van der Waals surface area contributed by atoms with Crippen LogP contribution in [0.5, 0.6) is 5.75 Å². The molecule has 1 aliphatic heterocycles. The Labute approximate surface area is 220 Å². The second-order valence-electron chi connectivity index (χ2n) is 8.69. The number of nitrogens with one attached hydrogen (secondary N) is 2. The number of thioether (sulfide) groups is 1. The van der Waals surface area contributed by atoms with E-state index in [0.717, 1.165) is 0 Å². The van der Waals surface area contributed by atoms with Crippen molar-refractivity contribution < 1.29 is 27.1 Å². The Balaban J connectivity index is 1.60. The Morgan fingerprint density at radius 3 is 2.79 bits per heavy atom. The van der Waals surface area contributed by atoms with Crippen LogP contribution in [0.15, 0.2) is 41.3 Å². The van der Waals surface area contributed by atoms with E-state index in [1.54, 1.807) is 18.2 Å². The Kier molecular flexibility index (Phi) is 8.23. The number of rotatable bonds is 7. The van der Waals surface area contributed by atoms with Crippen LogP contribution in [0.1, 0.15) is 22.5 Å². The zero-order chi connectivity index (χ0) is 27.4. The van der Waals surface area contributed by atoms with E-state index < -0.39 is 23.6 Å². The van der Waals surface area contributed by atoms with Crippen LogP contribution in [0.3, 0.4) is 0 Å². The smallest absolute Gasteiger partial charge is 0.446 e. The van der Waals surface area contributed by atoms with Gasteiger partial charge in [0, 0.05) is 18.7 Å². The van der Waals surface area contributed by atoms with Gasteiger partial charge in [0.25, 0.3) is 0 Å². The van der Waals surface area contributed by atoms with E-state index in [1.165, 1.54) is 29.8 Å². The molecule has 2 unspecified atom stereocenters. The fourth-order valence-corrected chi connectivity index (χ4v) is 4.80. The number of anilines is 2. The largest absolute Gasteiger partial charge is 0.495 e. The van der Waals surface area contributed by atoms with Gasteiger partial charge in [-0.2, -0.15) is 18.3 Å². The molecule has 2 aromatic heterocycles. The molecule has 13 heteroatoms. The molecule has 38 heavy (non-hydrogen) atoms. The van der Waals surface area contributed by atoms with Gasteiger partial charge in [-0.1, -0.05) is 12.0 Å². The summed E-state index contributed by atoms with van der Waals surface area (Å²) in [5.41, 5.74) is 1.67.